The van der Waals surface area contributed by atoms with Gasteiger partial charge in [0.25, 0.3) is 5.56 Å². The minimum absolute atomic E-state index is 0.120. The Morgan fingerprint density at radius 3 is 3.14 bits per heavy atom. The van der Waals surface area contributed by atoms with E-state index in [0.717, 1.165) is 40.3 Å². The molecule has 6 nitrogen and oxygen atoms in total. The molecule has 0 aliphatic heterocycles. The predicted octanol–water partition coefficient (Wildman–Crippen LogP) is 2.76. The van der Waals surface area contributed by atoms with E-state index >= 15 is 0 Å². The van der Waals surface area contributed by atoms with Gasteiger partial charge >= 0.3 is 0 Å². The molecule has 9 heteroatoms. The molecule has 0 fully saturated rings. The number of rotatable bonds is 7. The highest BCUT2D eigenvalue weighted by atomic mass is 32.2. The molecule has 0 radical (unpaired) electrons. The van der Waals surface area contributed by atoms with Crippen LogP contribution in [-0.2, 0) is 6.42 Å². The van der Waals surface area contributed by atoms with Crippen molar-refractivity contribution in [2.45, 2.75) is 24.1 Å². The van der Waals surface area contributed by atoms with Crippen LogP contribution in [-0.4, -0.2) is 31.9 Å². The van der Waals surface area contributed by atoms with E-state index in [1.807, 2.05) is 18.5 Å². The van der Waals surface area contributed by atoms with Crippen LogP contribution >= 0.6 is 34.4 Å². The van der Waals surface area contributed by atoms with Gasteiger partial charge in [-0.25, -0.2) is 9.97 Å². The van der Waals surface area contributed by atoms with Gasteiger partial charge in [0.2, 0.25) is 10.1 Å². The molecule has 0 saturated carbocycles. The van der Waals surface area contributed by atoms with Crippen molar-refractivity contribution >= 4 is 44.5 Å². The highest BCUT2D eigenvalue weighted by Crippen LogP contribution is 2.21. The Morgan fingerprint density at radius 2 is 2.36 bits per heavy atom. The van der Waals surface area contributed by atoms with Crippen molar-refractivity contribution in [3.8, 4) is 0 Å². The molecule has 3 rings (SSSR count). The van der Waals surface area contributed by atoms with Crippen LogP contribution in [0.25, 0.3) is 4.96 Å². The van der Waals surface area contributed by atoms with Crippen LogP contribution < -0.4 is 10.9 Å². The molecule has 1 N–H and O–H groups in total. The van der Waals surface area contributed by atoms with Crippen LogP contribution in [0.2, 0.25) is 0 Å². The van der Waals surface area contributed by atoms with Crippen molar-refractivity contribution in [2.24, 2.45) is 0 Å². The van der Waals surface area contributed by atoms with Crippen LogP contribution in [0.4, 0.5) is 5.13 Å². The molecule has 22 heavy (non-hydrogen) atoms. The van der Waals surface area contributed by atoms with Gasteiger partial charge in [-0.05, 0) is 12.8 Å². The molecular weight excluding hydrogens is 338 g/mol. The summed E-state index contributed by atoms with van der Waals surface area (Å²) in [5, 5.41) is 10.2. The molecule has 116 valence electrons. The third-order valence-electron chi connectivity index (χ3n) is 2.89. The van der Waals surface area contributed by atoms with Gasteiger partial charge in [-0.1, -0.05) is 30.0 Å². The van der Waals surface area contributed by atoms with Gasteiger partial charge in [0.05, 0.1) is 0 Å². The van der Waals surface area contributed by atoms with Crippen molar-refractivity contribution < 1.29 is 0 Å². The number of hydrogen-bond donors (Lipinski definition) is 1. The third-order valence-corrected chi connectivity index (χ3v) is 5.81. The Kier molecular flexibility index (Phi) is 5.06. The normalized spacial score (nSPS) is 11.1. The molecule has 3 aromatic heterocycles. The van der Waals surface area contributed by atoms with Gasteiger partial charge in [-0.15, -0.1) is 16.4 Å². The first kappa shape index (κ1) is 15.4. The minimum Gasteiger partial charge on any atom is -0.360 e. The Hall–Kier alpha value is -1.45. The molecule has 0 bridgehead atoms. The quantitative estimate of drug-likeness (QED) is 0.520. The molecule has 0 aromatic carbocycles. The molecule has 0 amide bonds. The van der Waals surface area contributed by atoms with E-state index in [0.29, 0.717) is 4.96 Å². The molecule has 0 spiro atoms. The first-order valence-corrected chi connectivity index (χ1v) is 9.60. The maximum atomic E-state index is 11.9. The minimum atomic E-state index is -0.120. The molecule has 0 aliphatic rings. The maximum Gasteiger partial charge on any atom is 0.275 e. The summed E-state index contributed by atoms with van der Waals surface area (Å²) in [6.07, 6.45) is 3.57. The summed E-state index contributed by atoms with van der Waals surface area (Å²) >= 11 is 4.83. The first-order valence-electron chi connectivity index (χ1n) is 6.92. The maximum absolute atomic E-state index is 11.9. The van der Waals surface area contributed by atoms with Crippen molar-refractivity contribution in [3.05, 3.63) is 33.7 Å². The van der Waals surface area contributed by atoms with Crippen LogP contribution in [0.1, 0.15) is 19.0 Å². The molecule has 3 heterocycles. The highest BCUT2D eigenvalue weighted by molar-refractivity contribution is 8.00. The van der Waals surface area contributed by atoms with Gasteiger partial charge in [0.15, 0.2) is 0 Å². The zero-order valence-corrected chi connectivity index (χ0v) is 14.4. The van der Waals surface area contributed by atoms with Gasteiger partial charge in [-0.2, -0.15) is 4.52 Å². The van der Waals surface area contributed by atoms with Gasteiger partial charge < -0.3 is 5.32 Å². The summed E-state index contributed by atoms with van der Waals surface area (Å²) < 4.78 is 2.46. The topological polar surface area (TPSA) is 72.2 Å². The summed E-state index contributed by atoms with van der Waals surface area (Å²) in [7, 11) is 0. The molecule has 0 unspecified atom stereocenters. The average molecular weight is 353 g/mol. The van der Waals surface area contributed by atoms with Crippen molar-refractivity contribution in [1.82, 2.24) is 19.6 Å². The fraction of sp³-hybridized carbons (Fsp3) is 0.385. The zero-order valence-electron chi connectivity index (χ0n) is 12.0. The summed E-state index contributed by atoms with van der Waals surface area (Å²) in [5.41, 5.74) is 0.686. The number of aromatic nitrogens is 4. The van der Waals surface area contributed by atoms with E-state index in [-0.39, 0.29) is 5.56 Å². The van der Waals surface area contributed by atoms with E-state index in [2.05, 4.69) is 20.4 Å². The third kappa shape index (κ3) is 3.65. The number of thioether (sulfide) groups is 1. The second-order valence-electron chi connectivity index (χ2n) is 4.47. The molecule has 3 aromatic rings. The lowest BCUT2D eigenvalue weighted by molar-refractivity contribution is 0.870. The zero-order chi connectivity index (χ0) is 15.4. The summed E-state index contributed by atoms with van der Waals surface area (Å²) in [6, 6.07) is 1.54. The number of hydrogen-bond acceptors (Lipinski definition) is 8. The summed E-state index contributed by atoms with van der Waals surface area (Å²) in [6.45, 7) is 2.80. The van der Waals surface area contributed by atoms with Gasteiger partial charge in [0, 0.05) is 35.6 Å². The number of anilines is 1. The van der Waals surface area contributed by atoms with Crippen molar-refractivity contribution in [3.63, 3.8) is 0 Å². The van der Waals surface area contributed by atoms with Crippen LogP contribution in [0, 0.1) is 0 Å². The SMILES string of the molecule is CCc1cc(=O)n2nc(NCCCSc3nccs3)sc2n1. The number of nitrogens with zero attached hydrogens (tertiary/aromatic N) is 4. The highest BCUT2D eigenvalue weighted by Gasteiger charge is 2.07. The number of aryl methyl sites for hydroxylation is 1. The fourth-order valence-electron chi connectivity index (χ4n) is 1.82. The predicted molar refractivity (Wildman–Crippen MR) is 92.5 cm³/mol. The smallest absolute Gasteiger partial charge is 0.275 e. The lowest BCUT2D eigenvalue weighted by Crippen LogP contribution is -2.15. The second kappa shape index (κ2) is 7.21. The Morgan fingerprint density at radius 1 is 1.45 bits per heavy atom. The number of thiazole rings is 1. The molecular formula is C13H15N5OS3. The van der Waals surface area contributed by atoms with Crippen molar-refractivity contribution in [2.75, 3.05) is 17.6 Å². The van der Waals surface area contributed by atoms with Gasteiger partial charge in [-0.3, -0.25) is 4.79 Å². The summed E-state index contributed by atoms with van der Waals surface area (Å²) in [4.78, 5) is 21.2. The largest absolute Gasteiger partial charge is 0.360 e. The van der Waals surface area contributed by atoms with E-state index < -0.39 is 0 Å². The van der Waals surface area contributed by atoms with Crippen LogP contribution in [0.5, 0.6) is 0 Å². The monoisotopic (exact) mass is 353 g/mol. The Bertz CT molecular complexity index is 796. The van der Waals surface area contributed by atoms with E-state index in [1.54, 1.807) is 29.2 Å². The Balaban J connectivity index is 1.55. The van der Waals surface area contributed by atoms with E-state index in [4.69, 9.17) is 0 Å². The fourth-order valence-corrected chi connectivity index (χ4v) is 4.31. The van der Waals surface area contributed by atoms with Crippen LogP contribution in [0.3, 0.4) is 0 Å². The van der Waals surface area contributed by atoms with Crippen molar-refractivity contribution in [1.29, 1.82) is 0 Å². The molecule has 0 aliphatic carbocycles. The lowest BCUT2D eigenvalue weighted by Gasteiger charge is -2.00. The second-order valence-corrected chi connectivity index (χ2v) is 7.66. The lowest BCUT2D eigenvalue weighted by atomic mass is 10.3. The summed E-state index contributed by atoms with van der Waals surface area (Å²) in [5.74, 6) is 1.00. The number of fused-ring (bicyclic) bond motifs is 1. The van der Waals surface area contributed by atoms with Crippen LogP contribution in [0.15, 0.2) is 26.8 Å². The first-order chi connectivity index (χ1) is 10.8. The molecule has 0 saturated heterocycles. The van der Waals surface area contributed by atoms with Gasteiger partial charge in [0.1, 0.15) is 4.34 Å². The number of nitrogens with one attached hydrogen (secondary N) is 1. The standard InChI is InChI=1S/C13H15N5OS3/c1-2-9-8-10(19)18-12(16-9)22-11(17-18)14-4-3-6-20-13-15-5-7-21-13/h5,7-8H,2-4,6H2,1H3,(H,14,17). The van der Waals surface area contributed by atoms with E-state index in [9.17, 15) is 4.79 Å². The van der Waals surface area contributed by atoms with E-state index in [1.165, 1.54) is 15.9 Å². The average Bonchev–Trinajstić information content (AvgIpc) is 3.16. The molecule has 0 atom stereocenters. The Labute approximate surface area is 139 Å².